The van der Waals surface area contributed by atoms with E-state index in [1.54, 1.807) is 24.8 Å². The van der Waals surface area contributed by atoms with E-state index in [1.807, 2.05) is 23.2 Å². The smallest absolute Gasteiger partial charge is 0.257 e. The number of hydrogen-bond acceptors (Lipinski definition) is 5. The molecule has 0 saturated carbocycles. The van der Waals surface area contributed by atoms with Crippen LogP contribution >= 0.6 is 0 Å². The van der Waals surface area contributed by atoms with Gasteiger partial charge in [0.05, 0.1) is 11.8 Å². The fraction of sp³-hybridized carbons (Fsp3) is 0.350. The van der Waals surface area contributed by atoms with Crippen LogP contribution < -0.4 is 0 Å². The van der Waals surface area contributed by atoms with E-state index < -0.39 is 0 Å². The summed E-state index contributed by atoms with van der Waals surface area (Å²) in [6.07, 6.45) is 11.5. The molecule has 1 saturated heterocycles. The fourth-order valence-electron chi connectivity index (χ4n) is 3.62. The summed E-state index contributed by atoms with van der Waals surface area (Å²) in [7, 11) is 0. The lowest BCUT2D eigenvalue weighted by molar-refractivity contribution is 0.0704. The molecule has 7 heteroatoms. The maximum atomic E-state index is 12.9. The van der Waals surface area contributed by atoms with Crippen molar-refractivity contribution < 1.29 is 4.79 Å². The Morgan fingerprint density at radius 1 is 1.26 bits per heavy atom. The lowest BCUT2D eigenvalue weighted by atomic mass is 9.91. The number of aryl methyl sites for hydroxylation is 1. The second-order valence-corrected chi connectivity index (χ2v) is 6.79. The zero-order chi connectivity index (χ0) is 18.6. The third kappa shape index (κ3) is 3.58. The first-order valence-electron chi connectivity index (χ1n) is 9.30. The molecule has 27 heavy (non-hydrogen) atoms. The lowest BCUT2D eigenvalue weighted by Crippen LogP contribution is -2.39. The van der Waals surface area contributed by atoms with Crippen LogP contribution in [-0.4, -0.2) is 49.0 Å². The number of amides is 1. The highest BCUT2D eigenvalue weighted by Crippen LogP contribution is 2.28. The van der Waals surface area contributed by atoms with Gasteiger partial charge in [0.15, 0.2) is 5.82 Å². The fourth-order valence-corrected chi connectivity index (χ4v) is 3.62. The zero-order valence-corrected chi connectivity index (χ0v) is 15.3. The van der Waals surface area contributed by atoms with E-state index in [0.717, 1.165) is 37.1 Å². The average molecular weight is 362 g/mol. The Hall–Kier alpha value is -3.09. The highest BCUT2D eigenvalue weighted by molar-refractivity contribution is 5.93. The van der Waals surface area contributed by atoms with Crippen LogP contribution in [0.3, 0.4) is 0 Å². The number of nitrogens with zero attached hydrogens (tertiary/aromatic N) is 5. The van der Waals surface area contributed by atoms with Gasteiger partial charge in [0, 0.05) is 55.1 Å². The van der Waals surface area contributed by atoms with Crippen molar-refractivity contribution in [3.05, 3.63) is 59.9 Å². The van der Waals surface area contributed by atoms with Gasteiger partial charge >= 0.3 is 0 Å². The summed E-state index contributed by atoms with van der Waals surface area (Å²) in [5.74, 6) is 0.854. The van der Waals surface area contributed by atoms with Crippen molar-refractivity contribution in [2.45, 2.75) is 32.1 Å². The number of carbonyl (C=O) groups is 1. The van der Waals surface area contributed by atoms with Gasteiger partial charge in [0.25, 0.3) is 5.91 Å². The summed E-state index contributed by atoms with van der Waals surface area (Å²) in [6, 6.07) is 3.74. The molecule has 0 radical (unpaired) electrons. The molecule has 4 heterocycles. The molecule has 1 aliphatic heterocycles. The van der Waals surface area contributed by atoms with Crippen LogP contribution in [0.1, 0.15) is 47.3 Å². The minimum absolute atomic E-state index is 0.0185. The number of H-pyrrole nitrogens is 1. The molecule has 1 unspecified atom stereocenters. The molecule has 1 aliphatic rings. The summed E-state index contributed by atoms with van der Waals surface area (Å²) >= 11 is 0. The van der Waals surface area contributed by atoms with Crippen molar-refractivity contribution in [1.29, 1.82) is 0 Å². The predicted molar refractivity (Wildman–Crippen MR) is 101 cm³/mol. The summed E-state index contributed by atoms with van der Waals surface area (Å²) in [6.45, 7) is 3.58. The van der Waals surface area contributed by atoms with Gasteiger partial charge in [0.2, 0.25) is 0 Å². The van der Waals surface area contributed by atoms with E-state index in [0.29, 0.717) is 23.9 Å². The number of nitrogens with one attached hydrogen (secondary N) is 1. The maximum absolute atomic E-state index is 12.9. The van der Waals surface area contributed by atoms with Crippen molar-refractivity contribution in [2.24, 2.45) is 0 Å². The normalized spacial score (nSPS) is 17.1. The van der Waals surface area contributed by atoms with Crippen molar-refractivity contribution in [3.63, 3.8) is 0 Å². The van der Waals surface area contributed by atoms with Crippen LogP contribution in [0.25, 0.3) is 11.4 Å². The molecule has 0 spiro atoms. The van der Waals surface area contributed by atoms with E-state index in [9.17, 15) is 4.79 Å². The van der Waals surface area contributed by atoms with Crippen molar-refractivity contribution >= 4 is 5.91 Å². The van der Waals surface area contributed by atoms with Crippen LogP contribution in [0.4, 0.5) is 0 Å². The van der Waals surface area contributed by atoms with Gasteiger partial charge in [0.1, 0.15) is 0 Å². The zero-order valence-electron chi connectivity index (χ0n) is 15.3. The molecule has 1 amide bonds. The van der Waals surface area contributed by atoms with Gasteiger partial charge in [-0.25, -0.2) is 9.97 Å². The van der Waals surface area contributed by atoms with Gasteiger partial charge in [-0.05, 0) is 37.0 Å². The maximum Gasteiger partial charge on any atom is 0.257 e. The third-order valence-corrected chi connectivity index (χ3v) is 5.07. The Bertz CT molecular complexity index is 906. The predicted octanol–water partition coefficient (Wildman–Crippen LogP) is 2.84. The Morgan fingerprint density at radius 3 is 2.85 bits per heavy atom. The van der Waals surface area contributed by atoms with E-state index >= 15 is 0 Å². The minimum atomic E-state index is -0.0185. The van der Waals surface area contributed by atoms with Crippen molar-refractivity contribution in [1.82, 2.24) is 30.0 Å². The van der Waals surface area contributed by atoms with Gasteiger partial charge in [-0.3, -0.25) is 14.9 Å². The Kier molecular flexibility index (Phi) is 4.91. The van der Waals surface area contributed by atoms with Crippen LogP contribution in [0.5, 0.6) is 0 Å². The molecule has 3 aromatic heterocycles. The molecule has 0 aliphatic carbocycles. The summed E-state index contributed by atoms with van der Waals surface area (Å²) in [5.41, 5.74) is 3.75. The Labute approximate surface area is 157 Å². The number of likely N-dealkylation sites (tertiary alicyclic amines) is 1. The highest BCUT2D eigenvalue weighted by atomic mass is 16.2. The molecule has 1 atom stereocenters. The first-order valence-corrected chi connectivity index (χ1v) is 9.30. The molecule has 7 nitrogen and oxygen atoms in total. The van der Waals surface area contributed by atoms with E-state index in [1.165, 1.54) is 5.56 Å². The lowest BCUT2D eigenvalue weighted by Gasteiger charge is -2.32. The first kappa shape index (κ1) is 17.3. The monoisotopic (exact) mass is 362 g/mol. The Morgan fingerprint density at radius 2 is 2.11 bits per heavy atom. The molecular formula is C20H22N6O. The largest absolute Gasteiger partial charge is 0.338 e. The minimum Gasteiger partial charge on any atom is -0.338 e. The summed E-state index contributed by atoms with van der Waals surface area (Å²) < 4.78 is 0. The number of hydrogen-bond donors (Lipinski definition) is 1. The molecule has 1 fully saturated rings. The van der Waals surface area contributed by atoms with Gasteiger partial charge in [-0.1, -0.05) is 6.92 Å². The van der Waals surface area contributed by atoms with Gasteiger partial charge < -0.3 is 4.90 Å². The van der Waals surface area contributed by atoms with Gasteiger partial charge in [-0.2, -0.15) is 5.10 Å². The number of piperidine rings is 1. The Balaban J connectivity index is 1.49. The van der Waals surface area contributed by atoms with Gasteiger partial charge in [-0.15, -0.1) is 0 Å². The van der Waals surface area contributed by atoms with E-state index in [-0.39, 0.29) is 5.91 Å². The molecule has 138 valence electrons. The topological polar surface area (TPSA) is 87.7 Å². The van der Waals surface area contributed by atoms with E-state index in [2.05, 4.69) is 32.1 Å². The molecule has 3 aromatic rings. The van der Waals surface area contributed by atoms with Crippen LogP contribution in [0, 0.1) is 0 Å². The number of rotatable bonds is 4. The van der Waals surface area contributed by atoms with Crippen LogP contribution in [0.15, 0.2) is 43.1 Å². The summed E-state index contributed by atoms with van der Waals surface area (Å²) in [4.78, 5) is 27.6. The third-order valence-electron chi connectivity index (χ3n) is 5.07. The van der Waals surface area contributed by atoms with Crippen molar-refractivity contribution in [3.8, 4) is 11.4 Å². The summed E-state index contributed by atoms with van der Waals surface area (Å²) in [5, 5.41) is 7.31. The second-order valence-electron chi connectivity index (χ2n) is 6.79. The molecule has 0 aromatic carbocycles. The van der Waals surface area contributed by atoms with Crippen molar-refractivity contribution in [2.75, 3.05) is 13.1 Å². The molecule has 0 bridgehead atoms. The number of carbonyl (C=O) groups excluding carboxylic acids is 1. The first-order chi connectivity index (χ1) is 13.3. The second kappa shape index (κ2) is 7.65. The molecule has 1 N–H and O–H groups in total. The van der Waals surface area contributed by atoms with Crippen LogP contribution in [0.2, 0.25) is 0 Å². The quantitative estimate of drug-likeness (QED) is 0.771. The van der Waals surface area contributed by atoms with E-state index in [4.69, 9.17) is 0 Å². The van der Waals surface area contributed by atoms with Crippen LogP contribution in [-0.2, 0) is 6.42 Å². The number of aromatic amines is 1. The SMILES string of the molecule is CCc1cn[nH]c1C1CCCN(C(=O)c2cnc(-c3cccnc3)nc2)C1. The number of aromatic nitrogens is 5. The average Bonchev–Trinajstić information content (AvgIpc) is 3.23. The molecular weight excluding hydrogens is 340 g/mol. The standard InChI is InChI=1S/C20H22N6O/c1-2-14-12-24-25-18(14)16-6-4-8-26(13-16)20(27)17-10-22-19(23-11-17)15-5-3-7-21-9-15/h3,5,7,9-12,16H,2,4,6,8,13H2,1H3,(H,24,25). The highest BCUT2D eigenvalue weighted by Gasteiger charge is 2.28. The number of pyridine rings is 1. The molecule has 4 rings (SSSR count).